The maximum absolute atomic E-state index is 12.6. The van der Waals surface area contributed by atoms with E-state index in [1.807, 2.05) is 30.3 Å². The molecule has 0 unspecified atom stereocenters. The van der Waals surface area contributed by atoms with E-state index in [-0.39, 0.29) is 11.3 Å². The fraction of sp³-hybridized carbons (Fsp3) is 0.0909. The zero-order valence-electron chi connectivity index (χ0n) is 16.7. The third-order valence-electron chi connectivity index (χ3n) is 4.39. The van der Waals surface area contributed by atoms with Crippen LogP contribution in [0.2, 0.25) is 0 Å². The molecule has 0 fully saturated rings. The van der Waals surface area contributed by atoms with Crippen molar-refractivity contribution in [1.29, 1.82) is 0 Å². The topological polar surface area (TPSA) is 125 Å². The molecule has 0 saturated carbocycles. The molecule has 3 aromatic rings. The summed E-state index contributed by atoms with van der Waals surface area (Å²) in [6, 6.07) is 19.9. The average Bonchev–Trinajstić information content (AvgIpc) is 2.78. The number of anilines is 3. The molecule has 0 saturated heterocycles. The summed E-state index contributed by atoms with van der Waals surface area (Å²) < 4.78 is 0. The smallest absolute Gasteiger partial charge is 0.318 e. The van der Waals surface area contributed by atoms with E-state index in [9.17, 15) is 19.7 Å². The Morgan fingerprint density at radius 3 is 2.29 bits per heavy atom. The maximum atomic E-state index is 12.6. The van der Waals surface area contributed by atoms with Crippen molar-refractivity contribution in [3.8, 4) is 0 Å². The van der Waals surface area contributed by atoms with Crippen LogP contribution < -0.4 is 21.3 Å². The Bertz CT molecular complexity index is 1100. The van der Waals surface area contributed by atoms with Gasteiger partial charge in [-0.05, 0) is 35.9 Å². The van der Waals surface area contributed by atoms with Crippen molar-refractivity contribution >= 4 is 34.7 Å². The van der Waals surface area contributed by atoms with Gasteiger partial charge >= 0.3 is 6.03 Å². The van der Waals surface area contributed by atoms with Gasteiger partial charge in [-0.1, -0.05) is 36.4 Å². The van der Waals surface area contributed by atoms with Gasteiger partial charge in [-0.3, -0.25) is 14.9 Å². The molecular formula is C22H21N5O4. The number of urea groups is 1. The number of benzene rings is 3. The lowest BCUT2D eigenvalue weighted by Crippen LogP contribution is -2.24. The Morgan fingerprint density at radius 2 is 1.61 bits per heavy atom. The Kier molecular flexibility index (Phi) is 6.79. The summed E-state index contributed by atoms with van der Waals surface area (Å²) >= 11 is 0. The van der Waals surface area contributed by atoms with Crippen LogP contribution in [-0.4, -0.2) is 23.9 Å². The molecule has 0 atom stereocenters. The van der Waals surface area contributed by atoms with Crippen LogP contribution in [0.3, 0.4) is 0 Å². The van der Waals surface area contributed by atoms with E-state index in [0.29, 0.717) is 23.6 Å². The summed E-state index contributed by atoms with van der Waals surface area (Å²) in [4.78, 5) is 35.0. The van der Waals surface area contributed by atoms with Crippen molar-refractivity contribution in [2.24, 2.45) is 0 Å². The molecule has 3 amide bonds. The highest BCUT2D eigenvalue weighted by molar-refractivity contribution is 6.05. The lowest BCUT2D eigenvalue weighted by Gasteiger charge is -2.10. The van der Waals surface area contributed by atoms with Gasteiger partial charge in [-0.15, -0.1) is 0 Å². The first-order chi connectivity index (χ1) is 15.0. The molecule has 0 aliphatic carbocycles. The molecule has 9 heteroatoms. The number of carbonyl (C=O) groups excluding carboxylic acids is 2. The summed E-state index contributed by atoms with van der Waals surface area (Å²) in [6.45, 7) is 0.415. The molecule has 3 aromatic carbocycles. The van der Waals surface area contributed by atoms with Crippen molar-refractivity contribution in [3.05, 3.63) is 94.0 Å². The molecule has 31 heavy (non-hydrogen) atoms. The summed E-state index contributed by atoms with van der Waals surface area (Å²) in [5.74, 6) is -0.505. The van der Waals surface area contributed by atoms with Crippen molar-refractivity contribution in [3.63, 3.8) is 0 Å². The fourth-order valence-corrected chi connectivity index (χ4v) is 2.84. The normalized spacial score (nSPS) is 10.1. The molecule has 4 N–H and O–H groups in total. The van der Waals surface area contributed by atoms with Gasteiger partial charge in [-0.25, -0.2) is 4.79 Å². The van der Waals surface area contributed by atoms with E-state index in [1.54, 1.807) is 24.3 Å². The summed E-state index contributed by atoms with van der Waals surface area (Å²) in [6.07, 6.45) is 0. The number of hydrogen-bond donors (Lipinski definition) is 4. The van der Waals surface area contributed by atoms with Gasteiger partial charge in [0.15, 0.2) is 0 Å². The molecular weight excluding hydrogens is 398 g/mol. The van der Waals surface area contributed by atoms with Crippen LogP contribution in [0.4, 0.5) is 27.5 Å². The predicted molar refractivity (Wildman–Crippen MR) is 119 cm³/mol. The number of hydrogen-bond acceptors (Lipinski definition) is 5. The third kappa shape index (κ3) is 5.80. The van der Waals surface area contributed by atoms with Crippen LogP contribution in [0.15, 0.2) is 72.8 Å². The maximum Gasteiger partial charge on any atom is 0.318 e. The van der Waals surface area contributed by atoms with E-state index in [1.165, 1.54) is 25.2 Å². The predicted octanol–water partition coefficient (Wildman–Crippen LogP) is 4.21. The Morgan fingerprint density at radius 1 is 0.903 bits per heavy atom. The summed E-state index contributed by atoms with van der Waals surface area (Å²) in [5.41, 5.74) is 2.17. The number of amides is 3. The van der Waals surface area contributed by atoms with Crippen molar-refractivity contribution in [2.45, 2.75) is 6.54 Å². The van der Waals surface area contributed by atoms with Crippen LogP contribution >= 0.6 is 0 Å². The van der Waals surface area contributed by atoms with E-state index in [2.05, 4.69) is 21.3 Å². The molecule has 0 bridgehead atoms. The van der Waals surface area contributed by atoms with Gasteiger partial charge in [0, 0.05) is 36.6 Å². The number of carbonyl (C=O) groups is 2. The van der Waals surface area contributed by atoms with Crippen LogP contribution in [0.5, 0.6) is 0 Å². The van der Waals surface area contributed by atoms with Gasteiger partial charge in [0.05, 0.1) is 4.92 Å². The number of nitrogens with zero attached hydrogens (tertiary/aromatic N) is 1. The first-order valence-electron chi connectivity index (χ1n) is 9.42. The van der Waals surface area contributed by atoms with Crippen molar-refractivity contribution < 1.29 is 14.5 Å². The molecule has 158 valence electrons. The van der Waals surface area contributed by atoms with E-state index in [4.69, 9.17) is 0 Å². The van der Waals surface area contributed by atoms with Crippen LogP contribution in [0.25, 0.3) is 0 Å². The highest BCUT2D eigenvalue weighted by Crippen LogP contribution is 2.27. The first kappa shape index (κ1) is 21.3. The Labute approximate surface area is 178 Å². The van der Waals surface area contributed by atoms with Gasteiger partial charge in [-0.2, -0.15) is 0 Å². The van der Waals surface area contributed by atoms with Gasteiger partial charge in [0.2, 0.25) is 0 Å². The molecule has 0 aromatic heterocycles. The largest absolute Gasteiger partial charge is 0.375 e. The standard InChI is InChI=1S/C22H21N5O4/c1-23-22(29)26-18-9-5-8-17(13-18)25-21(28)16-10-11-19(20(12-16)27(30)31)24-14-15-6-3-2-4-7-15/h2-13,24H,14H2,1H3,(H,25,28)(H2,23,26,29). The molecule has 0 spiro atoms. The Balaban J connectivity index is 1.74. The Hall–Kier alpha value is -4.40. The number of rotatable bonds is 7. The second kappa shape index (κ2) is 9.88. The van der Waals surface area contributed by atoms with Gasteiger partial charge < -0.3 is 21.3 Å². The van der Waals surface area contributed by atoms with Crippen LogP contribution in [-0.2, 0) is 6.54 Å². The number of nitro benzene ring substituents is 1. The number of nitrogens with one attached hydrogen (secondary N) is 4. The van der Waals surface area contributed by atoms with E-state index in [0.717, 1.165) is 5.56 Å². The van der Waals surface area contributed by atoms with Crippen molar-refractivity contribution in [1.82, 2.24) is 5.32 Å². The minimum absolute atomic E-state index is 0.140. The van der Waals surface area contributed by atoms with Gasteiger partial charge in [0.25, 0.3) is 11.6 Å². The highest BCUT2D eigenvalue weighted by Gasteiger charge is 2.18. The average molecular weight is 419 g/mol. The minimum Gasteiger partial charge on any atom is -0.375 e. The third-order valence-corrected chi connectivity index (χ3v) is 4.39. The second-order valence-corrected chi connectivity index (χ2v) is 6.57. The molecule has 3 rings (SSSR count). The monoisotopic (exact) mass is 419 g/mol. The molecule has 0 aliphatic rings. The first-order valence-corrected chi connectivity index (χ1v) is 9.42. The fourth-order valence-electron chi connectivity index (χ4n) is 2.84. The molecule has 0 aliphatic heterocycles. The zero-order valence-corrected chi connectivity index (χ0v) is 16.7. The highest BCUT2D eigenvalue weighted by atomic mass is 16.6. The van der Waals surface area contributed by atoms with E-state index >= 15 is 0 Å². The van der Waals surface area contributed by atoms with Gasteiger partial charge in [0.1, 0.15) is 5.69 Å². The van der Waals surface area contributed by atoms with E-state index < -0.39 is 16.9 Å². The SMILES string of the molecule is CNC(=O)Nc1cccc(NC(=O)c2ccc(NCc3ccccc3)c([N+](=O)[O-])c2)c1. The molecule has 0 heterocycles. The summed E-state index contributed by atoms with van der Waals surface area (Å²) in [5, 5.41) is 22.3. The van der Waals surface area contributed by atoms with Crippen molar-refractivity contribution in [2.75, 3.05) is 23.0 Å². The molecule has 9 nitrogen and oxygen atoms in total. The summed E-state index contributed by atoms with van der Waals surface area (Å²) in [7, 11) is 1.49. The lowest BCUT2D eigenvalue weighted by atomic mass is 10.1. The zero-order chi connectivity index (χ0) is 22.2. The number of nitro groups is 1. The molecule has 0 radical (unpaired) electrons. The second-order valence-electron chi connectivity index (χ2n) is 6.57. The lowest BCUT2D eigenvalue weighted by molar-refractivity contribution is -0.384. The quantitative estimate of drug-likeness (QED) is 0.337. The van der Waals surface area contributed by atoms with Crippen LogP contribution in [0.1, 0.15) is 15.9 Å². The van der Waals surface area contributed by atoms with Crippen LogP contribution in [0, 0.1) is 10.1 Å². The minimum atomic E-state index is -0.530.